The number of hydrogen-bond donors (Lipinski definition) is 1. The molecular weight excluding hydrogens is 264 g/mol. The molecule has 4 heteroatoms. The molecule has 0 unspecified atom stereocenters. The third-order valence-electron chi connectivity index (χ3n) is 3.14. The largest absolute Gasteiger partial charge is 0.497 e. The fourth-order valence-electron chi connectivity index (χ4n) is 2.07. The number of aromatic nitrogens is 2. The highest BCUT2D eigenvalue weighted by Crippen LogP contribution is 2.15. The van der Waals surface area contributed by atoms with Gasteiger partial charge < -0.3 is 9.72 Å². The molecular formula is C17H14N2O2. The van der Waals surface area contributed by atoms with Crippen molar-refractivity contribution in [2.45, 2.75) is 0 Å². The normalized spacial score (nSPS) is 11.1. The molecule has 3 aromatic rings. The Hall–Kier alpha value is -2.88. The molecule has 0 aliphatic carbocycles. The molecule has 0 saturated carbocycles. The van der Waals surface area contributed by atoms with Crippen molar-refractivity contribution in [2.75, 3.05) is 7.11 Å². The maximum Gasteiger partial charge on any atom is 0.221 e. The Balaban J connectivity index is 1.83. The van der Waals surface area contributed by atoms with Gasteiger partial charge in [0.2, 0.25) is 5.78 Å². The van der Waals surface area contributed by atoms with Crippen molar-refractivity contribution >= 4 is 22.9 Å². The van der Waals surface area contributed by atoms with Crippen LogP contribution < -0.4 is 4.74 Å². The number of nitrogens with one attached hydrogen (secondary N) is 1. The molecule has 0 saturated heterocycles. The van der Waals surface area contributed by atoms with E-state index >= 15 is 0 Å². The average Bonchev–Trinajstić information content (AvgIpc) is 2.97. The number of aromatic amines is 1. The van der Waals surface area contributed by atoms with Crippen LogP contribution in [0.5, 0.6) is 5.75 Å². The molecule has 104 valence electrons. The van der Waals surface area contributed by atoms with Gasteiger partial charge in [0, 0.05) is 0 Å². The van der Waals surface area contributed by atoms with E-state index in [0.29, 0.717) is 5.82 Å². The Morgan fingerprint density at radius 3 is 2.86 bits per heavy atom. The number of nitrogens with zero attached hydrogens (tertiary/aromatic N) is 1. The van der Waals surface area contributed by atoms with Crippen LogP contribution in [0.2, 0.25) is 0 Å². The number of allylic oxidation sites excluding steroid dienone is 1. The number of fused-ring (bicyclic) bond motifs is 1. The Bertz CT molecular complexity index is 785. The minimum atomic E-state index is -0.158. The van der Waals surface area contributed by atoms with Crippen LogP contribution in [0.25, 0.3) is 17.1 Å². The van der Waals surface area contributed by atoms with Crippen molar-refractivity contribution < 1.29 is 9.53 Å². The van der Waals surface area contributed by atoms with Crippen molar-refractivity contribution in [3.05, 3.63) is 66.0 Å². The molecule has 0 radical (unpaired) electrons. The average molecular weight is 278 g/mol. The predicted molar refractivity (Wildman–Crippen MR) is 82.5 cm³/mol. The summed E-state index contributed by atoms with van der Waals surface area (Å²) in [6.07, 6.45) is 3.25. The first kappa shape index (κ1) is 13.1. The monoisotopic (exact) mass is 278 g/mol. The number of benzene rings is 2. The smallest absolute Gasteiger partial charge is 0.221 e. The van der Waals surface area contributed by atoms with E-state index in [0.717, 1.165) is 22.3 Å². The molecule has 21 heavy (non-hydrogen) atoms. The van der Waals surface area contributed by atoms with E-state index in [1.165, 1.54) is 6.08 Å². The van der Waals surface area contributed by atoms with Gasteiger partial charge in [0.15, 0.2) is 5.82 Å². The van der Waals surface area contributed by atoms with Crippen molar-refractivity contribution in [3.8, 4) is 5.75 Å². The van der Waals surface area contributed by atoms with E-state index in [4.69, 9.17) is 4.74 Å². The maximum absolute atomic E-state index is 12.1. The molecule has 0 aliphatic rings. The fraction of sp³-hybridized carbons (Fsp3) is 0.0588. The van der Waals surface area contributed by atoms with Crippen molar-refractivity contribution in [2.24, 2.45) is 0 Å². The zero-order valence-electron chi connectivity index (χ0n) is 11.5. The van der Waals surface area contributed by atoms with E-state index in [1.807, 2.05) is 48.5 Å². The number of methoxy groups -OCH3 is 1. The molecule has 0 amide bonds. The third-order valence-corrected chi connectivity index (χ3v) is 3.14. The molecule has 1 heterocycles. The number of carbonyl (C=O) groups excluding carboxylic acids is 1. The molecule has 0 fully saturated rings. The highest BCUT2D eigenvalue weighted by atomic mass is 16.5. The number of ether oxygens (including phenoxy) is 1. The van der Waals surface area contributed by atoms with E-state index in [-0.39, 0.29) is 5.78 Å². The van der Waals surface area contributed by atoms with Gasteiger partial charge in [-0.1, -0.05) is 30.3 Å². The second kappa shape index (κ2) is 5.63. The van der Waals surface area contributed by atoms with Gasteiger partial charge in [-0.3, -0.25) is 4.79 Å². The van der Waals surface area contributed by atoms with E-state index in [2.05, 4.69) is 9.97 Å². The first-order chi connectivity index (χ1) is 10.3. The summed E-state index contributed by atoms with van der Waals surface area (Å²) >= 11 is 0. The molecule has 4 nitrogen and oxygen atoms in total. The van der Waals surface area contributed by atoms with Gasteiger partial charge in [-0.05, 0) is 35.9 Å². The lowest BCUT2D eigenvalue weighted by Gasteiger charge is -1.99. The summed E-state index contributed by atoms with van der Waals surface area (Å²) in [5.74, 6) is 0.942. The number of hydrogen-bond acceptors (Lipinski definition) is 3. The molecule has 2 aromatic carbocycles. The zero-order chi connectivity index (χ0) is 14.7. The van der Waals surface area contributed by atoms with E-state index in [1.54, 1.807) is 13.2 Å². The Kier molecular flexibility index (Phi) is 3.51. The molecule has 0 spiro atoms. The van der Waals surface area contributed by atoms with Gasteiger partial charge >= 0.3 is 0 Å². The van der Waals surface area contributed by atoms with E-state index in [9.17, 15) is 4.79 Å². The number of ketones is 1. The zero-order valence-corrected chi connectivity index (χ0v) is 11.5. The van der Waals surface area contributed by atoms with Crippen molar-refractivity contribution in [1.29, 1.82) is 0 Å². The predicted octanol–water partition coefficient (Wildman–Crippen LogP) is 3.47. The highest BCUT2D eigenvalue weighted by molar-refractivity contribution is 6.05. The lowest BCUT2D eigenvalue weighted by atomic mass is 10.2. The summed E-state index contributed by atoms with van der Waals surface area (Å²) in [5.41, 5.74) is 2.55. The van der Waals surface area contributed by atoms with Gasteiger partial charge in [0.05, 0.1) is 18.1 Å². The van der Waals surface area contributed by atoms with Gasteiger partial charge in [0.1, 0.15) is 5.75 Å². The Labute approximate surface area is 122 Å². The second-order valence-corrected chi connectivity index (χ2v) is 4.58. The summed E-state index contributed by atoms with van der Waals surface area (Å²) in [4.78, 5) is 19.4. The van der Waals surface area contributed by atoms with Crippen LogP contribution in [-0.2, 0) is 0 Å². The molecule has 1 aromatic heterocycles. The van der Waals surface area contributed by atoms with Crippen LogP contribution in [-0.4, -0.2) is 22.9 Å². The van der Waals surface area contributed by atoms with Crippen LogP contribution in [0.3, 0.4) is 0 Å². The van der Waals surface area contributed by atoms with Crippen molar-refractivity contribution in [3.63, 3.8) is 0 Å². The summed E-state index contributed by atoms with van der Waals surface area (Å²) in [6.45, 7) is 0. The summed E-state index contributed by atoms with van der Waals surface area (Å²) in [5, 5.41) is 0. The molecule has 0 atom stereocenters. The third kappa shape index (κ3) is 2.84. The molecule has 1 N–H and O–H groups in total. The maximum atomic E-state index is 12.1. The SMILES string of the molecule is COc1cccc(C=CC(=O)c2nc3ccccc3[nH]2)c1. The van der Waals surface area contributed by atoms with Crippen molar-refractivity contribution in [1.82, 2.24) is 9.97 Å². The topological polar surface area (TPSA) is 55.0 Å². The van der Waals surface area contributed by atoms with Crippen LogP contribution in [0, 0.1) is 0 Å². The number of imidazole rings is 1. The molecule has 0 bridgehead atoms. The minimum Gasteiger partial charge on any atom is -0.497 e. The van der Waals surface area contributed by atoms with Crippen LogP contribution >= 0.6 is 0 Å². The summed E-state index contributed by atoms with van der Waals surface area (Å²) in [6, 6.07) is 15.1. The first-order valence-corrected chi connectivity index (χ1v) is 6.57. The minimum absolute atomic E-state index is 0.158. The standard InChI is InChI=1S/C17H14N2O2/c1-21-13-6-4-5-12(11-13)9-10-16(20)17-18-14-7-2-3-8-15(14)19-17/h2-11H,1H3,(H,18,19). The Morgan fingerprint density at radius 1 is 1.19 bits per heavy atom. The lowest BCUT2D eigenvalue weighted by Crippen LogP contribution is -1.96. The number of para-hydroxylation sites is 2. The van der Waals surface area contributed by atoms with Gasteiger partial charge in [-0.15, -0.1) is 0 Å². The van der Waals surface area contributed by atoms with Gasteiger partial charge in [-0.2, -0.15) is 0 Å². The first-order valence-electron chi connectivity index (χ1n) is 6.57. The van der Waals surface area contributed by atoms with E-state index < -0.39 is 0 Å². The Morgan fingerprint density at radius 2 is 2.05 bits per heavy atom. The lowest BCUT2D eigenvalue weighted by molar-refractivity contribution is 0.103. The van der Waals surface area contributed by atoms with Crippen LogP contribution in [0.4, 0.5) is 0 Å². The second-order valence-electron chi connectivity index (χ2n) is 4.58. The fourth-order valence-corrected chi connectivity index (χ4v) is 2.07. The molecule has 3 rings (SSSR count). The molecule has 0 aliphatic heterocycles. The number of H-pyrrole nitrogens is 1. The van der Waals surface area contributed by atoms with Gasteiger partial charge in [-0.25, -0.2) is 4.98 Å². The summed E-state index contributed by atoms with van der Waals surface area (Å²) < 4.78 is 5.15. The quantitative estimate of drug-likeness (QED) is 0.587. The highest BCUT2D eigenvalue weighted by Gasteiger charge is 2.07. The number of rotatable bonds is 4. The number of carbonyl (C=O) groups is 1. The summed E-state index contributed by atoms with van der Waals surface area (Å²) in [7, 11) is 1.61. The van der Waals surface area contributed by atoms with Crippen LogP contribution in [0.1, 0.15) is 16.2 Å². The van der Waals surface area contributed by atoms with Gasteiger partial charge in [0.25, 0.3) is 0 Å². The van der Waals surface area contributed by atoms with Crippen LogP contribution in [0.15, 0.2) is 54.6 Å².